The third-order valence-corrected chi connectivity index (χ3v) is 10.4. The lowest BCUT2D eigenvalue weighted by atomic mass is 9.97. The highest BCUT2D eigenvalue weighted by Gasteiger charge is 2.42. The van der Waals surface area contributed by atoms with E-state index in [0.717, 1.165) is 13.5 Å². The Balaban J connectivity index is 2.01. The molecule has 3 heterocycles. The Labute approximate surface area is 263 Å². The van der Waals surface area contributed by atoms with E-state index in [1.807, 2.05) is 41.5 Å². The van der Waals surface area contributed by atoms with Crippen LogP contribution in [-0.2, 0) is 17.1 Å². The molecule has 1 fully saturated rings. The number of piperazine rings is 1. The lowest BCUT2D eigenvalue weighted by Gasteiger charge is -2.50. The molecule has 2 atom stereocenters. The fourth-order valence-corrected chi connectivity index (χ4v) is 7.93. The topological polar surface area (TPSA) is 113 Å². The number of hydrogen-bond acceptors (Lipinski definition) is 7. The van der Waals surface area contributed by atoms with Gasteiger partial charge in [0, 0.05) is 44.5 Å². The van der Waals surface area contributed by atoms with E-state index in [0.29, 0.717) is 18.5 Å². The predicted octanol–water partition coefficient (Wildman–Crippen LogP) is 5.60. The van der Waals surface area contributed by atoms with Gasteiger partial charge in [-0.05, 0) is 78.6 Å². The number of hydrogen-bond donors (Lipinski definition) is 1. The summed E-state index contributed by atoms with van der Waals surface area (Å²) in [6.45, 7) is 19.2. The first kappa shape index (κ1) is 26.6. The van der Waals surface area contributed by atoms with Crippen LogP contribution in [0.1, 0.15) is 105 Å². The Morgan fingerprint density at radius 1 is 1.28 bits per heavy atom. The number of ether oxygens (including phenoxy) is 1. The second-order valence-electron chi connectivity index (χ2n) is 12.7. The highest BCUT2D eigenvalue weighted by Crippen LogP contribution is 2.38. The molecule has 1 aliphatic heterocycles. The van der Waals surface area contributed by atoms with Crippen LogP contribution in [-0.4, -0.2) is 74.2 Å². The molecular weight excluding hydrogens is 564 g/mol. The zero-order valence-electron chi connectivity index (χ0n) is 32.3. The summed E-state index contributed by atoms with van der Waals surface area (Å²) in [5, 5.41) is 4.30. The smallest absolute Gasteiger partial charge is 0.277 e. The number of aryl methyl sites for hydroxylation is 2. The number of H-pyrrole nitrogens is 1. The highest BCUT2D eigenvalue weighted by atomic mass is 32.2. The van der Waals surface area contributed by atoms with Gasteiger partial charge in [-0.1, -0.05) is 34.1 Å². The van der Waals surface area contributed by atoms with Gasteiger partial charge >= 0.3 is 0 Å². The monoisotopic (exact) mass is 619 g/mol. The second-order valence-corrected chi connectivity index (χ2v) is 14.6. The van der Waals surface area contributed by atoms with E-state index in [4.69, 9.17) is 11.6 Å². The van der Waals surface area contributed by atoms with Crippen LogP contribution >= 0.6 is 0 Å². The minimum atomic E-state index is -4.05. The number of likely N-dealkylation sites (N-methyl/N-ethyl adjacent to an activating group) is 1. The summed E-state index contributed by atoms with van der Waals surface area (Å²) >= 11 is 0. The summed E-state index contributed by atoms with van der Waals surface area (Å²) in [6, 6.07) is 3.06. The van der Waals surface area contributed by atoms with E-state index in [9.17, 15) is 13.2 Å². The van der Waals surface area contributed by atoms with Crippen LogP contribution in [0.3, 0.4) is 0 Å². The number of rotatable bonds is 10. The van der Waals surface area contributed by atoms with Crippen molar-refractivity contribution in [2.45, 2.75) is 116 Å². The molecule has 1 N–H and O–H groups in total. The van der Waals surface area contributed by atoms with Crippen LogP contribution < -0.4 is 10.3 Å². The van der Waals surface area contributed by atoms with Crippen molar-refractivity contribution in [2.75, 3.05) is 19.6 Å². The van der Waals surface area contributed by atoms with Crippen LogP contribution in [0.25, 0.3) is 22.4 Å². The Kier molecular flexibility index (Phi) is 7.41. The maximum atomic E-state index is 14.4. The molecule has 1 aromatic carbocycles. The number of fused-ring (bicyclic) bond motifs is 1. The summed E-state index contributed by atoms with van der Waals surface area (Å²) in [7, 11) is -2.58. The summed E-state index contributed by atoms with van der Waals surface area (Å²) in [6.07, 6.45) is -4.58. The number of aromatic nitrogens is 4. The summed E-state index contributed by atoms with van der Waals surface area (Å²) in [5.41, 5.74) is -1.47. The zero-order valence-corrected chi connectivity index (χ0v) is 28.2. The van der Waals surface area contributed by atoms with E-state index >= 15 is 0 Å². The van der Waals surface area contributed by atoms with Gasteiger partial charge in [-0.2, -0.15) is 9.40 Å². The molecule has 10 nitrogen and oxygen atoms in total. The van der Waals surface area contributed by atoms with E-state index < -0.39 is 45.4 Å². The molecule has 43 heavy (non-hydrogen) atoms. The third kappa shape index (κ3) is 6.26. The fraction of sp³-hybridized carbons (Fsp3) is 0.656. The van der Waals surface area contributed by atoms with Crippen molar-refractivity contribution >= 4 is 21.1 Å². The first-order valence-electron chi connectivity index (χ1n) is 17.3. The quantitative estimate of drug-likeness (QED) is 0.314. The maximum absolute atomic E-state index is 14.4. The number of benzene rings is 1. The summed E-state index contributed by atoms with van der Waals surface area (Å²) < 4.78 is 80.3. The van der Waals surface area contributed by atoms with Gasteiger partial charge in [0.1, 0.15) is 22.7 Å². The van der Waals surface area contributed by atoms with Crippen molar-refractivity contribution in [1.29, 1.82) is 0 Å². The van der Waals surface area contributed by atoms with Crippen molar-refractivity contribution in [1.82, 2.24) is 29.0 Å². The molecule has 2 unspecified atom stereocenters. The third-order valence-electron chi connectivity index (χ3n) is 8.43. The van der Waals surface area contributed by atoms with Crippen LogP contribution in [0, 0.1) is 6.92 Å². The van der Waals surface area contributed by atoms with Crippen molar-refractivity contribution in [2.24, 2.45) is 7.05 Å². The number of nitrogens with zero attached hydrogens (tertiary/aromatic N) is 5. The van der Waals surface area contributed by atoms with Gasteiger partial charge in [0.2, 0.25) is 10.0 Å². The van der Waals surface area contributed by atoms with Gasteiger partial charge in [0.05, 0.1) is 16.2 Å². The van der Waals surface area contributed by atoms with Gasteiger partial charge in [-0.3, -0.25) is 14.4 Å². The summed E-state index contributed by atoms with van der Waals surface area (Å²) in [5.74, 6) is -2.05. The maximum Gasteiger partial charge on any atom is 0.277 e. The SMILES string of the molecule is [2H]C([2H])(C)C([2H])([2H])C([2H])(C)c1nn(C)c2c(=O)[nH]c(-c3cc(S(=O)(=O)N4CC(C)N(CC)C(C)(C)C4)c(C)cc3OC(C)(C)CC)nc12. The van der Waals surface area contributed by atoms with Crippen LogP contribution in [0.5, 0.6) is 5.75 Å². The Bertz CT molecular complexity index is 1880. The molecule has 1 aliphatic rings. The molecule has 0 spiro atoms. The molecule has 238 valence electrons. The molecule has 0 aliphatic carbocycles. The Morgan fingerprint density at radius 2 is 1.95 bits per heavy atom. The van der Waals surface area contributed by atoms with Gasteiger partial charge in [-0.15, -0.1) is 0 Å². The lowest BCUT2D eigenvalue weighted by molar-refractivity contribution is 0.0165. The van der Waals surface area contributed by atoms with Crippen LogP contribution in [0.15, 0.2) is 21.8 Å². The normalized spacial score (nSPS) is 22.3. The molecule has 2 aromatic heterocycles. The van der Waals surface area contributed by atoms with Gasteiger partial charge < -0.3 is 9.72 Å². The summed E-state index contributed by atoms with van der Waals surface area (Å²) in [4.78, 5) is 23.4. The molecule has 0 bridgehead atoms. The van der Waals surface area contributed by atoms with Crippen molar-refractivity contribution in [3.63, 3.8) is 0 Å². The largest absolute Gasteiger partial charge is 0.487 e. The molecule has 4 rings (SSSR count). The van der Waals surface area contributed by atoms with E-state index in [1.54, 1.807) is 13.0 Å². The first-order chi connectivity index (χ1) is 21.7. The average molecular weight is 620 g/mol. The van der Waals surface area contributed by atoms with Crippen molar-refractivity contribution in [3.05, 3.63) is 33.7 Å². The lowest BCUT2D eigenvalue weighted by Crippen LogP contribution is -2.63. The highest BCUT2D eigenvalue weighted by molar-refractivity contribution is 7.89. The minimum absolute atomic E-state index is 0.0274. The van der Waals surface area contributed by atoms with Crippen LogP contribution in [0.4, 0.5) is 0 Å². The van der Waals surface area contributed by atoms with E-state index in [1.165, 1.54) is 29.0 Å². The van der Waals surface area contributed by atoms with Crippen molar-refractivity contribution in [3.8, 4) is 17.1 Å². The molecular formula is C32H50N6O4S. The fourth-order valence-electron chi connectivity index (χ4n) is 6.02. The number of aromatic amines is 1. The van der Waals surface area contributed by atoms with Gasteiger partial charge in [0.15, 0.2) is 5.52 Å². The van der Waals surface area contributed by atoms with Gasteiger partial charge in [0.25, 0.3) is 5.56 Å². The minimum Gasteiger partial charge on any atom is -0.487 e. The molecule has 0 saturated carbocycles. The molecule has 0 amide bonds. The number of sulfonamides is 1. The zero-order chi connectivity index (χ0) is 36.6. The first-order valence-corrected chi connectivity index (χ1v) is 16.3. The predicted molar refractivity (Wildman–Crippen MR) is 172 cm³/mol. The Morgan fingerprint density at radius 3 is 2.53 bits per heavy atom. The second kappa shape index (κ2) is 12.0. The average Bonchev–Trinajstić information content (AvgIpc) is 3.28. The van der Waals surface area contributed by atoms with Gasteiger partial charge in [-0.25, -0.2) is 13.4 Å². The molecule has 1 saturated heterocycles. The van der Waals surface area contributed by atoms with E-state index in [-0.39, 0.29) is 51.3 Å². The number of nitrogens with one attached hydrogen (secondary N) is 1. The standard InChI is InChI=1S/C32H50N6O4S/c1-12-15-20(4)26-27-28(36(11)35-26)30(39)34-29(33-27)23-17-25(21(5)16-24(23)42-32(9,10)13-2)43(40,41)37-18-22(6)38(14-3)31(7,8)19-37/h16-17,20,22H,12-15,18-19H2,1-11H3,(H,33,34,39)/i12D2,15D2,20D. The Hall–Kier alpha value is -2.76. The van der Waals surface area contributed by atoms with Crippen LogP contribution in [0.2, 0.25) is 0 Å². The molecule has 3 aromatic rings. The van der Waals surface area contributed by atoms with E-state index in [2.05, 4.69) is 26.9 Å². The molecule has 11 heteroatoms. The van der Waals surface area contributed by atoms with Crippen molar-refractivity contribution < 1.29 is 20.0 Å². The molecule has 0 radical (unpaired) electrons.